The van der Waals surface area contributed by atoms with Crippen molar-refractivity contribution in [1.82, 2.24) is 30.1 Å². The summed E-state index contributed by atoms with van der Waals surface area (Å²) < 4.78 is 34.9. The summed E-state index contributed by atoms with van der Waals surface area (Å²) in [5, 5.41) is 18.7. The third kappa shape index (κ3) is 13.6. The van der Waals surface area contributed by atoms with Crippen LogP contribution in [0.25, 0.3) is 0 Å². The number of thioether (sulfide) groups is 1. The molecule has 0 bridgehead atoms. The van der Waals surface area contributed by atoms with Gasteiger partial charge in [0.2, 0.25) is 0 Å². The van der Waals surface area contributed by atoms with Gasteiger partial charge < -0.3 is 29.9 Å². The van der Waals surface area contributed by atoms with Gasteiger partial charge in [0, 0.05) is 64.5 Å². The molecule has 2 aromatic carbocycles. The van der Waals surface area contributed by atoms with E-state index in [1.54, 1.807) is 26.8 Å². The van der Waals surface area contributed by atoms with Gasteiger partial charge in [-0.3, -0.25) is 4.84 Å². The first-order chi connectivity index (χ1) is 26.2. The van der Waals surface area contributed by atoms with Crippen molar-refractivity contribution < 1.29 is 37.8 Å². The average Bonchev–Trinajstić information content (AvgIpc) is 3.53. The molecule has 0 radical (unpaired) electrons. The highest BCUT2D eigenvalue weighted by molar-refractivity contribution is 8.15. The molecule has 16 heteroatoms. The molecule has 2 aromatic rings. The Morgan fingerprint density at radius 1 is 1.00 bits per heavy atom. The second-order valence-electron chi connectivity index (χ2n) is 14.6. The molecule has 2 aliphatic heterocycles. The monoisotopic (exact) mass is 787 g/mol. The largest absolute Gasteiger partial charge is 0.478 e. The Labute approximate surface area is 327 Å². The van der Waals surface area contributed by atoms with Gasteiger partial charge in [0.1, 0.15) is 27.2 Å². The lowest BCUT2D eigenvalue weighted by molar-refractivity contribution is -0.131. The number of carboxylic acid groups (broad SMARTS) is 1. The van der Waals surface area contributed by atoms with Gasteiger partial charge in [0.15, 0.2) is 0 Å². The molecule has 0 aliphatic carbocycles. The van der Waals surface area contributed by atoms with Gasteiger partial charge in [0.25, 0.3) is 0 Å². The molecule has 55 heavy (non-hydrogen) atoms. The number of rotatable bonds is 18. The third-order valence-electron chi connectivity index (χ3n) is 9.05. The summed E-state index contributed by atoms with van der Waals surface area (Å²) >= 11 is 1.15. The summed E-state index contributed by atoms with van der Waals surface area (Å²) in [6.45, 7) is 12.9. The average molecular weight is 788 g/mol. The SMILES string of the molecule is CN(C/C=C/C(=O)O)CCCN1CCN(CCCON(C)C(=O)N2N=C(c3cc(F)ccc3F)S[C@@]2(CCCNC(=O)OC(C)(C)C)c2ccccc2)CC1. The molecule has 0 unspecified atom stereocenters. The number of carboxylic acids is 1. The van der Waals surface area contributed by atoms with Gasteiger partial charge in [0.05, 0.1) is 6.61 Å². The summed E-state index contributed by atoms with van der Waals surface area (Å²) in [4.78, 5) is 48.9. The van der Waals surface area contributed by atoms with Gasteiger partial charge in [-0.15, -0.1) is 0 Å². The van der Waals surface area contributed by atoms with E-state index >= 15 is 4.39 Å². The summed E-state index contributed by atoms with van der Waals surface area (Å²) in [5.41, 5.74) is -0.0103. The maximum absolute atomic E-state index is 15.1. The fraction of sp³-hybridized carbons (Fsp3) is 0.538. The number of likely N-dealkylation sites (N-methyl/N-ethyl adjacent to an activating group) is 1. The minimum atomic E-state index is -1.17. The third-order valence-corrected chi connectivity index (χ3v) is 10.5. The van der Waals surface area contributed by atoms with Crippen LogP contribution in [0.15, 0.2) is 65.8 Å². The van der Waals surface area contributed by atoms with Crippen LogP contribution in [0, 0.1) is 11.6 Å². The molecular weight excluding hydrogens is 733 g/mol. The lowest BCUT2D eigenvalue weighted by atomic mass is 10.0. The molecular formula is C39H55F2N7O6S. The minimum absolute atomic E-state index is 0.0612. The first-order valence-corrected chi connectivity index (χ1v) is 19.5. The number of alkyl carbamates (subject to hydrolysis) is 1. The summed E-state index contributed by atoms with van der Waals surface area (Å²) in [7, 11) is 3.50. The van der Waals surface area contributed by atoms with Crippen LogP contribution in [-0.4, -0.2) is 138 Å². The molecule has 13 nitrogen and oxygen atoms in total. The Bertz CT molecular complexity index is 1640. The molecule has 0 spiro atoms. The van der Waals surface area contributed by atoms with Crippen LogP contribution in [-0.2, 0) is 19.2 Å². The van der Waals surface area contributed by atoms with Crippen molar-refractivity contribution >= 4 is 34.9 Å². The van der Waals surface area contributed by atoms with E-state index in [0.717, 1.165) is 87.3 Å². The highest BCUT2D eigenvalue weighted by Gasteiger charge is 2.50. The topological polar surface area (TPSA) is 130 Å². The number of nitrogens with zero attached hydrogens (tertiary/aromatic N) is 6. The first-order valence-electron chi connectivity index (χ1n) is 18.7. The van der Waals surface area contributed by atoms with Crippen molar-refractivity contribution in [1.29, 1.82) is 0 Å². The number of carbonyl (C=O) groups excluding carboxylic acids is 2. The van der Waals surface area contributed by atoms with E-state index in [1.807, 2.05) is 37.4 Å². The number of amides is 3. The van der Waals surface area contributed by atoms with Crippen LogP contribution in [0.4, 0.5) is 18.4 Å². The maximum Gasteiger partial charge on any atom is 0.407 e. The van der Waals surface area contributed by atoms with E-state index in [9.17, 15) is 18.8 Å². The Hall–Kier alpha value is -4.09. The van der Waals surface area contributed by atoms with Gasteiger partial charge in [-0.05, 0) is 90.4 Å². The van der Waals surface area contributed by atoms with Gasteiger partial charge in [-0.25, -0.2) is 28.2 Å². The lowest BCUT2D eigenvalue weighted by Gasteiger charge is -2.37. The van der Waals surface area contributed by atoms with Crippen LogP contribution in [0.1, 0.15) is 57.6 Å². The number of hydroxylamine groups is 2. The molecule has 302 valence electrons. The molecule has 1 fully saturated rings. The number of ether oxygens (including phenoxy) is 1. The van der Waals surface area contributed by atoms with Crippen LogP contribution in [0.2, 0.25) is 0 Å². The van der Waals surface area contributed by atoms with E-state index in [1.165, 1.54) is 18.1 Å². The quantitative estimate of drug-likeness (QED) is 0.109. The predicted octanol–water partition coefficient (Wildman–Crippen LogP) is 5.79. The maximum atomic E-state index is 15.1. The number of hydrogen-bond acceptors (Lipinski definition) is 10. The van der Waals surface area contributed by atoms with Crippen molar-refractivity contribution in [3.05, 3.63) is 83.4 Å². The van der Waals surface area contributed by atoms with E-state index in [-0.39, 0.29) is 23.8 Å². The zero-order valence-corrected chi connectivity index (χ0v) is 33.3. The van der Waals surface area contributed by atoms with E-state index in [2.05, 4.69) is 25.1 Å². The van der Waals surface area contributed by atoms with Crippen LogP contribution < -0.4 is 5.32 Å². The highest BCUT2D eigenvalue weighted by Crippen LogP contribution is 2.51. The molecule has 2 aliphatic rings. The van der Waals surface area contributed by atoms with Crippen LogP contribution in [0.5, 0.6) is 0 Å². The van der Waals surface area contributed by atoms with Gasteiger partial charge in [-0.1, -0.05) is 48.2 Å². The molecule has 0 aromatic heterocycles. The molecule has 4 rings (SSSR count). The molecule has 1 atom stereocenters. The van der Waals surface area contributed by atoms with E-state index < -0.39 is 40.2 Å². The zero-order valence-electron chi connectivity index (χ0n) is 32.5. The molecule has 0 saturated carbocycles. The van der Waals surface area contributed by atoms with Gasteiger partial charge >= 0.3 is 18.1 Å². The number of hydrazone groups is 1. The number of benzene rings is 2. The molecule has 1 saturated heterocycles. The standard InChI is InChI=1S/C39H55F2N7O6S/c1-38(2,3)54-36(51)42-19-10-18-39(30-13-7-6-8-14-30)48(43-35(55-39)32-29-31(40)16-17-33(32)41)37(52)45(5)53-28-12-23-47-26-24-46(25-27-47)22-11-21-44(4)20-9-15-34(49)50/h6-9,13-17,29H,10-12,18-28H2,1-5H3,(H,42,51)(H,49,50)/b15-9+/t39-/m0/s1. The van der Waals surface area contributed by atoms with Crippen molar-refractivity contribution in [3.63, 3.8) is 0 Å². The second kappa shape index (κ2) is 20.7. The van der Waals surface area contributed by atoms with Crippen LogP contribution in [0.3, 0.4) is 0 Å². The number of urea groups is 1. The minimum Gasteiger partial charge on any atom is -0.478 e. The smallest absolute Gasteiger partial charge is 0.407 e. The number of hydrogen-bond donors (Lipinski definition) is 2. The summed E-state index contributed by atoms with van der Waals surface area (Å²) in [6, 6.07) is 11.8. The fourth-order valence-electron chi connectivity index (χ4n) is 6.28. The number of aliphatic carboxylic acids is 1. The molecule has 2 N–H and O–H groups in total. The predicted molar refractivity (Wildman–Crippen MR) is 209 cm³/mol. The van der Waals surface area contributed by atoms with Crippen molar-refractivity contribution in [2.75, 3.05) is 79.6 Å². The van der Waals surface area contributed by atoms with E-state index in [0.29, 0.717) is 31.4 Å². The Morgan fingerprint density at radius 3 is 2.33 bits per heavy atom. The molecule has 3 amide bonds. The normalized spacial score (nSPS) is 18.2. The highest BCUT2D eigenvalue weighted by atomic mass is 32.2. The fourth-order valence-corrected chi connectivity index (χ4v) is 7.69. The van der Waals surface area contributed by atoms with E-state index in [4.69, 9.17) is 14.7 Å². The number of piperazine rings is 1. The molecule has 2 heterocycles. The zero-order chi connectivity index (χ0) is 40.0. The number of carbonyl (C=O) groups is 3. The first kappa shape index (κ1) is 43.6. The Morgan fingerprint density at radius 2 is 1.67 bits per heavy atom. The number of nitrogens with one attached hydrogen (secondary N) is 1. The van der Waals surface area contributed by atoms with Gasteiger partial charge in [-0.2, -0.15) is 10.1 Å². The summed E-state index contributed by atoms with van der Waals surface area (Å²) in [5.74, 6) is -2.24. The van der Waals surface area contributed by atoms with Crippen molar-refractivity contribution in [2.45, 2.75) is 56.9 Å². The van der Waals surface area contributed by atoms with Crippen molar-refractivity contribution in [2.24, 2.45) is 5.10 Å². The van der Waals surface area contributed by atoms with Crippen LogP contribution >= 0.6 is 11.8 Å². The van der Waals surface area contributed by atoms with Crippen molar-refractivity contribution in [3.8, 4) is 0 Å². The summed E-state index contributed by atoms with van der Waals surface area (Å²) in [6.07, 6.45) is 4.64. The second-order valence-corrected chi connectivity index (χ2v) is 15.9. The Balaban J connectivity index is 1.35. The Kier molecular flexibility index (Phi) is 16.4. The lowest BCUT2D eigenvalue weighted by Crippen LogP contribution is -2.48. The number of halogens is 2.